The van der Waals surface area contributed by atoms with Crippen LogP contribution in [-0.4, -0.2) is 31.3 Å². The van der Waals surface area contributed by atoms with Gasteiger partial charge in [0.15, 0.2) is 0 Å². The molecule has 6 rings (SSSR count). The molecule has 2 N–H and O–H groups in total. The maximum Gasteiger partial charge on any atom is 0.115 e. The Balaban J connectivity index is 1.24. The van der Waals surface area contributed by atoms with Crippen molar-refractivity contribution in [2.24, 2.45) is 5.41 Å². The van der Waals surface area contributed by atoms with E-state index in [2.05, 4.69) is 70.9 Å². The van der Waals surface area contributed by atoms with Gasteiger partial charge in [0.05, 0.1) is 0 Å². The van der Waals surface area contributed by atoms with E-state index in [-0.39, 0.29) is 0 Å². The van der Waals surface area contributed by atoms with Crippen molar-refractivity contribution < 1.29 is 5.11 Å². The lowest BCUT2D eigenvalue weighted by Crippen LogP contribution is -2.39. The first-order valence-corrected chi connectivity index (χ1v) is 14.1. The Kier molecular flexibility index (Phi) is 6.75. The van der Waals surface area contributed by atoms with Crippen molar-refractivity contribution in [1.82, 2.24) is 5.32 Å². The van der Waals surface area contributed by atoms with Crippen LogP contribution in [0, 0.1) is 5.41 Å². The number of piperidine rings is 1. The number of hydrogen-bond donors (Lipinski definition) is 2. The van der Waals surface area contributed by atoms with Gasteiger partial charge in [0, 0.05) is 24.7 Å². The first-order valence-electron chi connectivity index (χ1n) is 14.1. The third-order valence-electron chi connectivity index (χ3n) is 9.37. The highest BCUT2D eigenvalue weighted by molar-refractivity contribution is 5.52. The van der Waals surface area contributed by atoms with E-state index >= 15 is 0 Å². The zero-order valence-electron chi connectivity index (χ0n) is 21.5. The minimum atomic E-state index is 0.318. The summed E-state index contributed by atoms with van der Waals surface area (Å²) in [5.41, 5.74) is 7.46. The maximum atomic E-state index is 10.1. The number of nitrogens with one attached hydrogen (secondary N) is 1. The van der Waals surface area contributed by atoms with E-state index in [1.165, 1.54) is 92.6 Å². The minimum Gasteiger partial charge on any atom is -0.508 e. The van der Waals surface area contributed by atoms with E-state index in [1.807, 2.05) is 12.1 Å². The van der Waals surface area contributed by atoms with E-state index in [1.54, 1.807) is 0 Å². The second-order valence-electron chi connectivity index (χ2n) is 11.5. The molecule has 3 heteroatoms. The van der Waals surface area contributed by atoms with Gasteiger partial charge in [0.1, 0.15) is 5.75 Å². The third-order valence-corrected chi connectivity index (χ3v) is 9.37. The van der Waals surface area contributed by atoms with Gasteiger partial charge >= 0.3 is 0 Å². The van der Waals surface area contributed by atoms with Gasteiger partial charge in [-0.05, 0) is 122 Å². The normalized spacial score (nSPS) is 24.1. The van der Waals surface area contributed by atoms with Crippen LogP contribution in [-0.2, 0) is 6.42 Å². The van der Waals surface area contributed by atoms with Gasteiger partial charge in [-0.1, -0.05) is 48.5 Å². The Morgan fingerprint density at radius 2 is 1.50 bits per heavy atom. The molecule has 0 amide bonds. The number of nitrogens with zero attached hydrogens (tertiary/aromatic N) is 1. The first kappa shape index (κ1) is 23.6. The SMILES string of the molecule is Oc1ccc2c(c1)CC[C@H](c1ccccc1)[C@@H]2c1ccc(N2CCCC3(CCC2)CCNCC3)cc1. The summed E-state index contributed by atoms with van der Waals surface area (Å²) >= 11 is 0. The lowest BCUT2D eigenvalue weighted by atomic mass is 9.69. The van der Waals surface area contributed by atoms with Crippen molar-refractivity contribution in [3.05, 3.63) is 95.1 Å². The molecule has 2 atom stereocenters. The molecule has 0 bridgehead atoms. The molecule has 3 aromatic carbocycles. The molecule has 2 fully saturated rings. The van der Waals surface area contributed by atoms with Crippen LogP contribution in [0.2, 0.25) is 0 Å². The van der Waals surface area contributed by atoms with Crippen molar-refractivity contribution >= 4 is 5.69 Å². The fourth-order valence-electron chi connectivity index (χ4n) is 7.41. The van der Waals surface area contributed by atoms with Crippen molar-refractivity contribution in [2.45, 2.75) is 63.2 Å². The fourth-order valence-corrected chi connectivity index (χ4v) is 7.41. The zero-order valence-corrected chi connectivity index (χ0v) is 21.5. The molecule has 0 saturated carbocycles. The first-order chi connectivity index (χ1) is 17.7. The molecule has 3 aliphatic rings. The van der Waals surface area contributed by atoms with Crippen LogP contribution in [0.1, 0.15) is 79.0 Å². The molecule has 3 nitrogen and oxygen atoms in total. The molecular formula is C33H40N2O. The van der Waals surface area contributed by atoms with E-state index in [0.29, 0.717) is 23.0 Å². The zero-order chi connectivity index (χ0) is 24.4. The summed E-state index contributed by atoms with van der Waals surface area (Å²) in [6.07, 6.45) is 10.2. The van der Waals surface area contributed by atoms with Crippen LogP contribution in [0.5, 0.6) is 5.75 Å². The van der Waals surface area contributed by atoms with Crippen LogP contribution in [0.3, 0.4) is 0 Å². The van der Waals surface area contributed by atoms with Crippen LogP contribution in [0.15, 0.2) is 72.8 Å². The van der Waals surface area contributed by atoms with E-state index in [4.69, 9.17) is 0 Å². The molecule has 1 spiro atoms. The van der Waals surface area contributed by atoms with Crippen LogP contribution in [0.4, 0.5) is 5.69 Å². The lowest BCUT2D eigenvalue weighted by Gasteiger charge is -2.41. The van der Waals surface area contributed by atoms with Crippen molar-refractivity contribution in [1.29, 1.82) is 0 Å². The van der Waals surface area contributed by atoms with Gasteiger partial charge in [-0.3, -0.25) is 0 Å². The average molecular weight is 481 g/mol. The van der Waals surface area contributed by atoms with E-state index in [0.717, 1.165) is 12.8 Å². The Morgan fingerprint density at radius 1 is 0.778 bits per heavy atom. The average Bonchev–Trinajstić information content (AvgIpc) is 2.91. The summed E-state index contributed by atoms with van der Waals surface area (Å²) in [7, 11) is 0. The molecule has 2 saturated heterocycles. The summed E-state index contributed by atoms with van der Waals surface area (Å²) < 4.78 is 0. The topological polar surface area (TPSA) is 35.5 Å². The summed E-state index contributed by atoms with van der Waals surface area (Å²) in [6.45, 7) is 4.76. The van der Waals surface area contributed by atoms with Crippen molar-refractivity contribution in [3.63, 3.8) is 0 Å². The largest absolute Gasteiger partial charge is 0.508 e. The van der Waals surface area contributed by atoms with Crippen molar-refractivity contribution in [2.75, 3.05) is 31.1 Å². The minimum absolute atomic E-state index is 0.318. The van der Waals surface area contributed by atoms with Crippen molar-refractivity contribution in [3.8, 4) is 5.75 Å². The molecular weight excluding hydrogens is 440 g/mol. The number of anilines is 1. The number of aryl methyl sites for hydroxylation is 1. The summed E-state index contributed by atoms with van der Waals surface area (Å²) in [5.74, 6) is 1.15. The highest BCUT2D eigenvalue weighted by Crippen LogP contribution is 2.47. The molecule has 36 heavy (non-hydrogen) atoms. The Bertz CT molecular complexity index is 1140. The van der Waals surface area contributed by atoms with E-state index < -0.39 is 0 Å². The molecule has 188 valence electrons. The van der Waals surface area contributed by atoms with Gasteiger partial charge in [-0.15, -0.1) is 0 Å². The number of fused-ring (bicyclic) bond motifs is 1. The number of aromatic hydroxyl groups is 1. The highest BCUT2D eigenvalue weighted by atomic mass is 16.3. The number of phenolic OH excluding ortho intramolecular Hbond substituents is 1. The number of hydrogen-bond acceptors (Lipinski definition) is 3. The molecule has 3 aromatic rings. The smallest absolute Gasteiger partial charge is 0.115 e. The second kappa shape index (κ2) is 10.3. The van der Waals surface area contributed by atoms with Gasteiger partial charge in [-0.2, -0.15) is 0 Å². The predicted octanol–water partition coefficient (Wildman–Crippen LogP) is 7.00. The standard InChI is InChI=1S/C33H40N2O/c36-29-13-15-31-27(24-29)10-14-30(25-6-2-1-3-7-25)32(31)26-8-11-28(12-9-26)35-22-4-16-33(17-5-23-35)18-20-34-21-19-33/h1-3,6-9,11-13,15,24,30,32,34,36H,4-5,10,14,16-23H2/t30-,32+/m1/s1. The number of phenols is 1. The summed E-state index contributed by atoms with van der Waals surface area (Å²) in [5, 5.41) is 13.7. The predicted molar refractivity (Wildman–Crippen MR) is 149 cm³/mol. The molecule has 0 unspecified atom stereocenters. The van der Waals surface area contributed by atoms with Gasteiger partial charge in [0.25, 0.3) is 0 Å². The fraction of sp³-hybridized carbons (Fsp3) is 0.455. The van der Waals surface area contributed by atoms with Gasteiger partial charge in [-0.25, -0.2) is 0 Å². The highest BCUT2D eigenvalue weighted by Gasteiger charge is 2.34. The molecule has 2 aliphatic heterocycles. The van der Waals surface area contributed by atoms with Gasteiger partial charge in [0.2, 0.25) is 0 Å². The van der Waals surface area contributed by atoms with Crippen LogP contribution in [0.25, 0.3) is 0 Å². The monoisotopic (exact) mass is 480 g/mol. The van der Waals surface area contributed by atoms with Crippen LogP contribution < -0.4 is 10.2 Å². The number of rotatable bonds is 3. The summed E-state index contributed by atoms with van der Waals surface area (Å²) in [6, 6.07) is 26.5. The summed E-state index contributed by atoms with van der Waals surface area (Å²) in [4.78, 5) is 2.62. The number of benzene rings is 3. The van der Waals surface area contributed by atoms with E-state index in [9.17, 15) is 5.11 Å². The van der Waals surface area contributed by atoms with Crippen LogP contribution >= 0.6 is 0 Å². The maximum absolute atomic E-state index is 10.1. The quantitative estimate of drug-likeness (QED) is 0.423. The molecule has 0 radical (unpaired) electrons. The molecule has 1 aliphatic carbocycles. The Morgan fingerprint density at radius 3 is 2.22 bits per heavy atom. The third kappa shape index (κ3) is 4.78. The Hall–Kier alpha value is -2.78. The second-order valence-corrected chi connectivity index (χ2v) is 11.5. The lowest BCUT2D eigenvalue weighted by molar-refractivity contribution is 0.156. The van der Waals surface area contributed by atoms with Gasteiger partial charge < -0.3 is 15.3 Å². The Labute approximate surface area is 216 Å². The molecule has 0 aromatic heterocycles. The molecule has 2 heterocycles.